The molecular weight excluding hydrogens is 196 g/mol. The van der Waals surface area contributed by atoms with Crippen LogP contribution in [0.2, 0.25) is 5.21 Å². The topological polar surface area (TPSA) is 20.2 Å². The van der Waals surface area contributed by atoms with Crippen LogP contribution in [0, 0.1) is 0 Å². The van der Waals surface area contributed by atoms with E-state index in [2.05, 4.69) is 0 Å². The van der Waals surface area contributed by atoms with Crippen molar-refractivity contribution in [2.24, 2.45) is 0 Å². The van der Waals surface area contributed by atoms with Crippen molar-refractivity contribution in [3.63, 3.8) is 0 Å². The third-order valence-electron chi connectivity index (χ3n) is 0.660. The van der Waals surface area contributed by atoms with E-state index in [9.17, 15) is 13.2 Å². The van der Waals surface area contributed by atoms with Crippen LogP contribution in [0.25, 0.3) is 0 Å². The van der Waals surface area contributed by atoms with Gasteiger partial charge in [0.1, 0.15) is 0 Å². The van der Waals surface area contributed by atoms with Crippen molar-refractivity contribution in [2.45, 2.75) is 16.6 Å². The molecule has 0 aromatic heterocycles. The molecule has 0 spiro atoms. The molecule has 1 nitrogen and oxygen atoms in total. The van der Waals surface area contributed by atoms with Crippen molar-refractivity contribution in [3.8, 4) is 0 Å². The van der Waals surface area contributed by atoms with Gasteiger partial charge in [0.15, 0.2) is 0 Å². The molecule has 56 valence electrons. The summed E-state index contributed by atoms with van der Waals surface area (Å²) in [5.41, 5.74) is 0. The van der Waals surface area contributed by atoms with Gasteiger partial charge in [0.25, 0.3) is 0 Å². The van der Waals surface area contributed by atoms with Crippen molar-refractivity contribution in [1.82, 2.24) is 0 Å². The van der Waals surface area contributed by atoms with E-state index in [4.69, 9.17) is 5.11 Å². The van der Waals surface area contributed by atoms with Crippen LogP contribution in [0.1, 0.15) is 6.42 Å². The molecule has 1 N–H and O–H groups in total. The van der Waals surface area contributed by atoms with Gasteiger partial charge in [-0.2, -0.15) is 0 Å². The molecule has 1 unspecified atom stereocenters. The van der Waals surface area contributed by atoms with E-state index in [1.807, 2.05) is 0 Å². The normalized spacial score (nSPS) is 13.3. The van der Waals surface area contributed by atoms with E-state index in [1.54, 1.807) is 0 Å². The number of aliphatic hydroxyl groups is 1. The molecule has 0 heterocycles. The quantitative estimate of drug-likeness (QED) is 0.531. The summed E-state index contributed by atoms with van der Waals surface area (Å²) in [6, 6.07) is 0. The van der Waals surface area contributed by atoms with E-state index in [0.717, 1.165) is 0 Å². The standard InChI is InChI=1S/C4H8AsF3O/c6-4(7,8)5-2-1-3-9/h5,9H,1-3H2. The molecule has 0 bridgehead atoms. The van der Waals surface area contributed by atoms with Crippen molar-refractivity contribution >= 4 is 15.8 Å². The molecule has 0 aromatic rings. The van der Waals surface area contributed by atoms with Crippen LogP contribution in [-0.2, 0) is 0 Å². The predicted octanol–water partition coefficient (Wildman–Crippen LogP) is 0.743. The monoisotopic (exact) mass is 204 g/mol. The van der Waals surface area contributed by atoms with Gasteiger partial charge in [-0.25, -0.2) is 0 Å². The van der Waals surface area contributed by atoms with Gasteiger partial charge in [-0.15, -0.1) is 0 Å². The third-order valence-corrected chi connectivity index (χ3v) is 2.77. The molecular formula is C4H8AsF3O. The van der Waals surface area contributed by atoms with E-state index in [0.29, 0.717) is 6.42 Å². The molecule has 0 radical (unpaired) electrons. The summed E-state index contributed by atoms with van der Waals surface area (Å²) in [7, 11) is 0. The first-order valence-electron chi connectivity index (χ1n) is 2.49. The summed E-state index contributed by atoms with van der Waals surface area (Å²) < 4.78 is 34.1. The van der Waals surface area contributed by atoms with Crippen LogP contribution >= 0.6 is 0 Å². The van der Waals surface area contributed by atoms with Gasteiger partial charge < -0.3 is 0 Å². The van der Waals surface area contributed by atoms with Crippen LogP contribution in [0.15, 0.2) is 0 Å². The van der Waals surface area contributed by atoms with Crippen LogP contribution in [0.4, 0.5) is 13.2 Å². The molecule has 0 amide bonds. The first-order valence-corrected chi connectivity index (χ1v) is 5.02. The molecule has 0 aliphatic rings. The zero-order chi connectivity index (χ0) is 7.33. The van der Waals surface area contributed by atoms with Gasteiger partial charge in [0.05, 0.1) is 0 Å². The molecule has 5 heteroatoms. The Morgan fingerprint density at radius 2 is 1.89 bits per heavy atom. The van der Waals surface area contributed by atoms with Gasteiger partial charge in [-0.05, 0) is 0 Å². The fraction of sp³-hybridized carbons (Fsp3) is 1.00. The zero-order valence-electron chi connectivity index (χ0n) is 4.70. The maximum absolute atomic E-state index is 11.4. The Hall–Kier alpha value is 0.308. The fourth-order valence-electron chi connectivity index (χ4n) is 0.309. The molecule has 0 aliphatic heterocycles. The molecule has 0 aromatic carbocycles. The second-order valence-electron chi connectivity index (χ2n) is 1.50. The number of hydrogen-bond donors (Lipinski definition) is 1. The average molecular weight is 204 g/mol. The summed E-state index contributed by atoms with van der Waals surface area (Å²) in [5, 5.41) is 8.27. The second-order valence-corrected chi connectivity index (χ2v) is 4.48. The number of alkyl halides is 3. The van der Waals surface area contributed by atoms with Gasteiger partial charge in [-0.3, -0.25) is 0 Å². The second kappa shape index (κ2) is 4.18. The van der Waals surface area contributed by atoms with Crippen molar-refractivity contribution in [2.75, 3.05) is 6.61 Å². The summed E-state index contributed by atoms with van der Waals surface area (Å²) in [4.78, 5) is -3.94. The van der Waals surface area contributed by atoms with Crippen molar-refractivity contribution in [3.05, 3.63) is 0 Å². The van der Waals surface area contributed by atoms with Crippen LogP contribution in [0.3, 0.4) is 0 Å². The minimum atomic E-state index is -3.94. The van der Waals surface area contributed by atoms with Gasteiger partial charge in [0, 0.05) is 0 Å². The first-order chi connectivity index (χ1) is 4.06. The Labute approximate surface area is 57.9 Å². The Bertz CT molecular complexity index is 72.7. The first kappa shape index (κ1) is 9.31. The van der Waals surface area contributed by atoms with Crippen molar-refractivity contribution in [1.29, 1.82) is 0 Å². The van der Waals surface area contributed by atoms with Crippen LogP contribution in [0.5, 0.6) is 0 Å². The molecule has 9 heavy (non-hydrogen) atoms. The molecule has 0 aliphatic carbocycles. The molecule has 0 saturated carbocycles. The van der Waals surface area contributed by atoms with Gasteiger partial charge >= 0.3 is 57.2 Å². The average Bonchev–Trinajstić information content (AvgIpc) is 1.63. The fourth-order valence-corrected chi connectivity index (χ4v) is 1.61. The number of aliphatic hydroxyl groups excluding tert-OH is 1. The van der Waals surface area contributed by atoms with E-state index >= 15 is 0 Å². The summed E-state index contributed by atoms with van der Waals surface area (Å²) in [6.45, 7) is -0.125. The molecule has 0 fully saturated rings. The SMILES string of the molecule is OCCC[AsH]C(F)(F)F. The van der Waals surface area contributed by atoms with Crippen LogP contribution in [-0.4, -0.2) is 32.4 Å². The minimum absolute atomic E-state index is 0.125. The molecule has 0 rings (SSSR count). The van der Waals surface area contributed by atoms with E-state index in [-0.39, 0.29) is 11.8 Å². The van der Waals surface area contributed by atoms with E-state index in [1.165, 1.54) is 0 Å². The van der Waals surface area contributed by atoms with Gasteiger partial charge in [0.2, 0.25) is 0 Å². The van der Waals surface area contributed by atoms with Crippen LogP contribution < -0.4 is 0 Å². The zero-order valence-corrected chi connectivity index (χ0v) is 6.80. The molecule has 0 saturated heterocycles. The number of halogens is 3. The Morgan fingerprint density at radius 3 is 2.22 bits per heavy atom. The summed E-state index contributed by atoms with van der Waals surface area (Å²) in [6.07, 6.45) is 0.291. The summed E-state index contributed by atoms with van der Waals surface area (Å²) in [5.74, 6) is 0. The Balaban J connectivity index is 3.07. The Kier molecular flexibility index (Phi) is 4.32. The maximum atomic E-state index is 11.4. The number of hydrogen-bond acceptors (Lipinski definition) is 1. The van der Waals surface area contributed by atoms with Gasteiger partial charge in [-0.1, -0.05) is 0 Å². The summed E-state index contributed by atoms with van der Waals surface area (Å²) >= 11 is -1.81. The predicted molar refractivity (Wildman–Crippen MR) is 29.7 cm³/mol. The number of rotatable bonds is 3. The molecule has 1 atom stereocenters. The Morgan fingerprint density at radius 1 is 1.33 bits per heavy atom. The third kappa shape index (κ3) is 8.31. The van der Waals surface area contributed by atoms with E-state index < -0.39 is 20.7 Å². The van der Waals surface area contributed by atoms with Crippen molar-refractivity contribution < 1.29 is 18.3 Å².